The standard InChI is InChI=1S/C10H7Br3N2/c11-4-7-1-2-10(9(13)3-7)15-6-8(12)5-14-15/h1-3,5-6H,4H2. The largest absolute Gasteiger partial charge is 0.239 e. The summed E-state index contributed by atoms with van der Waals surface area (Å²) < 4.78 is 3.83. The molecule has 78 valence electrons. The van der Waals surface area contributed by atoms with Gasteiger partial charge in [-0.1, -0.05) is 22.0 Å². The average Bonchev–Trinajstić information content (AvgIpc) is 2.64. The molecule has 1 heterocycles. The van der Waals surface area contributed by atoms with Gasteiger partial charge >= 0.3 is 0 Å². The molecule has 2 rings (SSSR count). The van der Waals surface area contributed by atoms with Crippen LogP contribution < -0.4 is 0 Å². The van der Waals surface area contributed by atoms with E-state index in [0.717, 1.165) is 20.0 Å². The van der Waals surface area contributed by atoms with Crippen molar-refractivity contribution in [3.8, 4) is 5.69 Å². The van der Waals surface area contributed by atoms with Gasteiger partial charge in [-0.2, -0.15) is 5.10 Å². The van der Waals surface area contributed by atoms with Crippen LogP contribution in [0.2, 0.25) is 0 Å². The van der Waals surface area contributed by atoms with Crippen molar-refractivity contribution in [1.82, 2.24) is 9.78 Å². The SMILES string of the molecule is BrCc1ccc(-n2cc(Br)cn2)c(Br)c1. The second-order valence-corrected chi connectivity index (χ2v) is 5.35. The first-order chi connectivity index (χ1) is 7.20. The lowest BCUT2D eigenvalue weighted by molar-refractivity contribution is 0.875. The Hall–Kier alpha value is -0.130. The lowest BCUT2D eigenvalue weighted by Crippen LogP contribution is -1.95. The highest BCUT2D eigenvalue weighted by atomic mass is 79.9. The minimum absolute atomic E-state index is 0.856. The van der Waals surface area contributed by atoms with Crippen LogP contribution >= 0.6 is 47.8 Å². The summed E-state index contributed by atoms with van der Waals surface area (Å²) in [5, 5.41) is 5.09. The molecule has 0 N–H and O–H groups in total. The Morgan fingerprint density at radius 2 is 2.07 bits per heavy atom. The molecule has 0 atom stereocenters. The van der Waals surface area contributed by atoms with Gasteiger partial charge < -0.3 is 0 Å². The molecule has 2 nitrogen and oxygen atoms in total. The first-order valence-corrected chi connectivity index (χ1v) is 6.96. The third-order valence-corrected chi connectivity index (χ3v) is 3.66. The monoisotopic (exact) mass is 392 g/mol. The van der Waals surface area contributed by atoms with Crippen LogP contribution in [0, 0.1) is 0 Å². The third-order valence-electron chi connectivity index (χ3n) is 1.96. The van der Waals surface area contributed by atoms with Crippen molar-refractivity contribution in [1.29, 1.82) is 0 Å². The van der Waals surface area contributed by atoms with Crippen LogP contribution in [0.25, 0.3) is 5.69 Å². The van der Waals surface area contributed by atoms with Crippen molar-refractivity contribution in [2.75, 3.05) is 0 Å². The number of benzene rings is 1. The van der Waals surface area contributed by atoms with Gasteiger partial charge in [0.2, 0.25) is 0 Å². The Bertz CT molecular complexity index is 479. The number of alkyl halides is 1. The molecular formula is C10H7Br3N2. The molecule has 0 saturated carbocycles. The molecule has 0 aliphatic carbocycles. The van der Waals surface area contributed by atoms with Gasteiger partial charge in [0.25, 0.3) is 0 Å². The Balaban J connectivity index is 2.45. The lowest BCUT2D eigenvalue weighted by Gasteiger charge is -2.05. The molecule has 0 fully saturated rings. The van der Waals surface area contributed by atoms with Crippen molar-refractivity contribution in [3.05, 3.63) is 45.1 Å². The zero-order valence-electron chi connectivity index (χ0n) is 7.62. The summed E-state index contributed by atoms with van der Waals surface area (Å²) in [4.78, 5) is 0. The van der Waals surface area contributed by atoms with Crippen molar-refractivity contribution in [2.24, 2.45) is 0 Å². The van der Waals surface area contributed by atoms with Gasteiger partial charge in [-0.3, -0.25) is 0 Å². The topological polar surface area (TPSA) is 17.8 Å². The maximum atomic E-state index is 4.23. The molecule has 15 heavy (non-hydrogen) atoms. The maximum absolute atomic E-state index is 4.23. The van der Waals surface area contributed by atoms with Gasteiger partial charge in [-0.05, 0) is 49.6 Å². The molecule has 0 bridgehead atoms. The van der Waals surface area contributed by atoms with E-state index in [1.54, 1.807) is 6.20 Å². The highest BCUT2D eigenvalue weighted by Crippen LogP contribution is 2.24. The Morgan fingerprint density at radius 3 is 2.60 bits per heavy atom. The zero-order chi connectivity index (χ0) is 10.8. The lowest BCUT2D eigenvalue weighted by atomic mass is 10.2. The van der Waals surface area contributed by atoms with E-state index in [0.29, 0.717) is 0 Å². The second kappa shape index (κ2) is 4.80. The van der Waals surface area contributed by atoms with E-state index in [-0.39, 0.29) is 0 Å². The summed E-state index contributed by atoms with van der Waals surface area (Å²) in [6, 6.07) is 6.20. The summed E-state index contributed by atoms with van der Waals surface area (Å²) in [6.07, 6.45) is 3.69. The van der Waals surface area contributed by atoms with Gasteiger partial charge in [-0.25, -0.2) is 4.68 Å². The van der Waals surface area contributed by atoms with E-state index in [4.69, 9.17) is 0 Å². The number of aromatic nitrogens is 2. The quantitative estimate of drug-likeness (QED) is 0.695. The number of rotatable bonds is 2. The van der Waals surface area contributed by atoms with E-state index in [1.165, 1.54) is 5.56 Å². The molecule has 0 spiro atoms. The summed E-state index contributed by atoms with van der Waals surface area (Å²) in [7, 11) is 0. The molecule has 0 aliphatic heterocycles. The van der Waals surface area contributed by atoms with Crippen LogP contribution in [-0.4, -0.2) is 9.78 Å². The van der Waals surface area contributed by atoms with E-state index in [2.05, 4.69) is 65.0 Å². The van der Waals surface area contributed by atoms with Crippen LogP contribution in [-0.2, 0) is 5.33 Å². The second-order valence-electron chi connectivity index (χ2n) is 3.02. The van der Waals surface area contributed by atoms with Crippen LogP contribution in [0.1, 0.15) is 5.56 Å². The molecule has 5 heteroatoms. The number of hydrogen-bond donors (Lipinski definition) is 0. The van der Waals surface area contributed by atoms with Gasteiger partial charge in [-0.15, -0.1) is 0 Å². The highest BCUT2D eigenvalue weighted by molar-refractivity contribution is 9.11. The highest BCUT2D eigenvalue weighted by Gasteiger charge is 2.04. The molecule has 1 aromatic heterocycles. The van der Waals surface area contributed by atoms with E-state index in [1.807, 2.05) is 16.9 Å². The molecule has 2 aromatic rings. The van der Waals surface area contributed by atoms with Crippen molar-refractivity contribution < 1.29 is 0 Å². The fraction of sp³-hybridized carbons (Fsp3) is 0.100. The van der Waals surface area contributed by atoms with Crippen molar-refractivity contribution in [2.45, 2.75) is 5.33 Å². The van der Waals surface area contributed by atoms with Crippen LogP contribution in [0.15, 0.2) is 39.5 Å². The summed E-state index contributed by atoms with van der Waals surface area (Å²) in [6.45, 7) is 0. The molecule has 0 saturated heterocycles. The van der Waals surface area contributed by atoms with E-state index in [9.17, 15) is 0 Å². The van der Waals surface area contributed by atoms with Crippen LogP contribution in [0.5, 0.6) is 0 Å². The van der Waals surface area contributed by atoms with Gasteiger partial charge in [0.1, 0.15) is 0 Å². The van der Waals surface area contributed by atoms with Crippen molar-refractivity contribution >= 4 is 47.8 Å². The first kappa shape index (κ1) is 11.4. The number of nitrogens with zero attached hydrogens (tertiary/aromatic N) is 2. The summed E-state index contributed by atoms with van der Waals surface area (Å²) in [5.74, 6) is 0. The van der Waals surface area contributed by atoms with Gasteiger partial charge in [0, 0.05) is 16.0 Å². The normalized spacial score (nSPS) is 10.6. The predicted octanol–water partition coefficient (Wildman–Crippen LogP) is 4.29. The average molecular weight is 395 g/mol. The molecule has 0 radical (unpaired) electrons. The Morgan fingerprint density at radius 1 is 1.27 bits per heavy atom. The van der Waals surface area contributed by atoms with Gasteiger partial charge in [0.15, 0.2) is 0 Å². The van der Waals surface area contributed by atoms with E-state index >= 15 is 0 Å². The third kappa shape index (κ3) is 2.52. The number of halogens is 3. The maximum Gasteiger partial charge on any atom is 0.0788 e. The van der Waals surface area contributed by atoms with Gasteiger partial charge in [0.05, 0.1) is 16.4 Å². The fourth-order valence-corrected chi connectivity index (χ4v) is 2.49. The van der Waals surface area contributed by atoms with E-state index < -0.39 is 0 Å². The fourth-order valence-electron chi connectivity index (χ4n) is 1.25. The molecule has 0 amide bonds. The smallest absolute Gasteiger partial charge is 0.0788 e. The Labute approximate surface area is 113 Å². The molecule has 0 aliphatic rings. The Kier molecular flexibility index (Phi) is 3.64. The molecule has 0 unspecified atom stereocenters. The minimum atomic E-state index is 0.856. The molecular weight excluding hydrogens is 388 g/mol. The zero-order valence-corrected chi connectivity index (χ0v) is 12.4. The summed E-state index contributed by atoms with van der Waals surface area (Å²) >= 11 is 10.3. The van der Waals surface area contributed by atoms with Crippen LogP contribution in [0.3, 0.4) is 0 Å². The number of hydrogen-bond acceptors (Lipinski definition) is 1. The van der Waals surface area contributed by atoms with Crippen molar-refractivity contribution in [3.63, 3.8) is 0 Å². The minimum Gasteiger partial charge on any atom is -0.239 e. The predicted molar refractivity (Wildman–Crippen MR) is 71.6 cm³/mol. The summed E-state index contributed by atoms with van der Waals surface area (Å²) in [5.41, 5.74) is 2.27. The molecule has 1 aromatic carbocycles. The van der Waals surface area contributed by atoms with Crippen LogP contribution in [0.4, 0.5) is 0 Å². The first-order valence-electron chi connectivity index (χ1n) is 4.25.